The first-order chi connectivity index (χ1) is 11.0. The van der Waals surface area contributed by atoms with Crippen LogP contribution in [0.3, 0.4) is 0 Å². The van der Waals surface area contributed by atoms with E-state index >= 15 is 0 Å². The quantitative estimate of drug-likeness (QED) is 0.575. The summed E-state index contributed by atoms with van der Waals surface area (Å²) >= 11 is 23.5. The zero-order valence-corrected chi connectivity index (χ0v) is 14.3. The molecule has 0 bridgehead atoms. The molecule has 0 unspecified atom stereocenters. The fourth-order valence-corrected chi connectivity index (χ4v) is 2.70. The summed E-state index contributed by atoms with van der Waals surface area (Å²) in [6.07, 6.45) is 0. The van der Waals surface area contributed by atoms with Crippen molar-refractivity contribution in [3.8, 4) is 17.1 Å². The topological polar surface area (TPSA) is 47.8 Å². The van der Waals surface area contributed by atoms with E-state index in [2.05, 4.69) is 10.1 Å². The molecule has 23 heavy (non-hydrogen) atoms. The number of carbonyl (C=O) groups excluding carboxylic acids is 1. The van der Waals surface area contributed by atoms with Gasteiger partial charge in [0, 0.05) is 15.6 Å². The lowest BCUT2D eigenvalue weighted by Gasteiger charge is -2.07. The first-order valence-corrected chi connectivity index (χ1v) is 7.85. The fourth-order valence-electron chi connectivity index (χ4n) is 2.00. The molecular formula is C15H7Cl4N3O. The number of benzene rings is 2. The van der Waals surface area contributed by atoms with Gasteiger partial charge in [0.25, 0.3) is 5.24 Å². The van der Waals surface area contributed by atoms with Crippen LogP contribution in [0.1, 0.15) is 10.6 Å². The lowest BCUT2D eigenvalue weighted by Crippen LogP contribution is -2.00. The first-order valence-electron chi connectivity index (χ1n) is 6.34. The Morgan fingerprint density at radius 2 is 1.61 bits per heavy atom. The molecular weight excluding hydrogens is 380 g/mol. The highest BCUT2D eigenvalue weighted by Gasteiger charge is 2.19. The molecule has 1 aromatic heterocycles. The van der Waals surface area contributed by atoms with E-state index in [0.717, 1.165) is 0 Å². The van der Waals surface area contributed by atoms with E-state index in [9.17, 15) is 4.79 Å². The van der Waals surface area contributed by atoms with Gasteiger partial charge in [0.05, 0.1) is 10.7 Å². The van der Waals surface area contributed by atoms with E-state index in [1.165, 1.54) is 4.68 Å². The molecule has 0 N–H and O–H groups in total. The number of hydrogen-bond donors (Lipinski definition) is 0. The Bertz CT molecular complexity index is 890. The van der Waals surface area contributed by atoms with E-state index in [-0.39, 0.29) is 5.82 Å². The highest BCUT2D eigenvalue weighted by atomic mass is 35.5. The summed E-state index contributed by atoms with van der Waals surface area (Å²) in [6.45, 7) is 0. The van der Waals surface area contributed by atoms with Gasteiger partial charge in [0.1, 0.15) is 0 Å². The van der Waals surface area contributed by atoms with Crippen LogP contribution < -0.4 is 0 Å². The van der Waals surface area contributed by atoms with E-state index < -0.39 is 5.24 Å². The lowest BCUT2D eigenvalue weighted by molar-refractivity contribution is 0.107. The van der Waals surface area contributed by atoms with Crippen LogP contribution in [0.25, 0.3) is 17.1 Å². The number of hydrogen-bond acceptors (Lipinski definition) is 3. The van der Waals surface area contributed by atoms with Crippen LogP contribution in [0.15, 0.2) is 42.5 Å². The van der Waals surface area contributed by atoms with Crippen LogP contribution >= 0.6 is 46.4 Å². The number of carbonyl (C=O) groups is 1. The van der Waals surface area contributed by atoms with Crippen molar-refractivity contribution in [1.82, 2.24) is 14.8 Å². The predicted molar refractivity (Wildman–Crippen MR) is 92.0 cm³/mol. The van der Waals surface area contributed by atoms with E-state index in [1.54, 1.807) is 42.5 Å². The number of rotatable bonds is 3. The van der Waals surface area contributed by atoms with Gasteiger partial charge in [-0.25, -0.2) is 9.67 Å². The smallest absolute Gasteiger partial charge is 0.272 e. The van der Waals surface area contributed by atoms with Crippen molar-refractivity contribution >= 4 is 51.6 Å². The van der Waals surface area contributed by atoms with Crippen LogP contribution in [0.4, 0.5) is 0 Å². The molecule has 0 radical (unpaired) electrons. The van der Waals surface area contributed by atoms with Gasteiger partial charge >= 0.3 is 0 Å². The molecule has 2 aromatic carbocycles. The van der Waals surface area contributed by atoms with Crippen molar-refractivity contribution in [2.75, 3.05) is 0 Å². The molecule has 0 aliphatic carbocycles. The molecule has 3 aromatic rings. The standard InChI is InChI=1S/C15H7Cl4N3O/c16-8-1-4-10(5-2-8)22-15(20-14(21-22)13(19)23)11-6-3-9(17)7-12(11)18/h1-7H. The Hall–Kier alpha value is -1.59. The third-order valence-corrected chi connectivity index (χ3v) is 3.99. The summed E-state index contributed by atoms with van der Waals surface area (Å²) in [5.74, 6) is 0.251. The molecule has 0 aliphatic rings. The highest BCUT2D eigenvalue weighted by Crippen LogP contribution is 2.31. The second kappa shape index (κ2) is 6.49. The van der Waals surface area contributed by atoms with Crippen molar-refractivity contribution in [2.45, 2.75) is 0 Å². The Labute approximate surface area is 151 Å². The SMILES string of the molecule is O=C(Cl)c1nc(-c2ccc(Cl)cc2Cl)n(-c2ccc(Cl)cc2)n1. The van der Waals surface area contributed by atoms with E-state index in [0.29, 0.717) is 32.1 Å². The summed E-state index contributed by atoms with van der Waals surface area (Å²) < 4.78 is 1.47. The van der Waals surface area contributed by atoms with Gasteiger partial charge in [-0.1, -0.05) is 34.8 Å². The van der Waals surface area contributed by atoms with Crippen LogP contribution in [-0.2, 0) is 0 Å². The average molecular weight is 387 g/mol. The normalized spacial score (nSPS) is 10.8. The summed E-state index contributed by atoms with van der Waals surface area (Å²) in [5, 5.41) is 4.83. The molecule has 3 rings (SSSR count). The molecule has 0 fully saturated rings. The Kier molecular flexibility index (Phi) is 4.60. The third kappa shape index (κ3) is 3.35. The summed E-state index contributed by atoms with van der Waals surface area (Å²) in [4.78, 5) is 15.6. The Morgan fingerprint density at radius 3 is 2.22 bits per heavy atom. The summed E-state index contributed by atoms with van der Waals surface area (Å²) in [5.41, 5.74) is 1.23. The monoisotopic (exact) mass is 385 g/mol. The van der Waals surface area contributed by atoms with Crippen molar-refractivity contribution in [1.29, 1.82) is 0 Å². The number of halogens is 4. The third-order valence-electron chi connectivity index (χ3n) is 3.03. The summed E-state index contributed by atoms with van der Waals surface area (Å²) in [7, 11) is 0. The maximum atomic E-state index is 11.4. The number of nitrogens with zero attached hydrogens (tertiary/aromatic N) is 3. The van der Waals surface area contributed by atoms with Gasteiger partial charge < -0.3 is 0 Å². The Morgan fingerprint density at radius 1 is 0.957 bits per heavy atom. The zero-order chi connectivity index (χ0) is 16.6. The average Bonchev–Trinajstić information content (AvgIpc) is 2.93. The molecule has 0 amide bonds. The lowest BCUT2D eigenvalue weighted by atomic mass is 10.2. The molecule has 0 saturated carbocycles. The number of aromatic nitrogens is 3. The van der Waals surface area contributed by atoms with Gasteiger partial charge in [-0.05, 0) is 54.1 Å². The molecule has 1 heterocycles. The molecule has 4 nitrogen and oxygen atoms in total. The van der Waals surface area contributed by atoms with Gasteiger partial charge in [-0.15, -0.1) is 5.10 Å². The predicted octanol–water partition coefficient (Wildman–Crippen LogP) is 5.27. The maximum Gasteiger partial charge on any atom is 0.291 e. The Balaban J connectivity index is 2.22. The molecule has 0 atom stereocenters. The van der Waals surface area contributed by atoms with Crippen molar-refractivity contribution in [3.63, 3.8) is 0 Å². The second-order valence-electron chi connectivity index (χ2n) is 4.55. The van der Waals surface area contributed by atoms with Gasteiger partial charge in [-0.2, -0.15) is 0 Å². The minimum absolute atomic E-state index is 0.123. The van der Waals surface area contributed by atoms with Gasteiger partial charge in [0.2, 0.25) is 5.82 Å². The second-order valence-corrected chi connectivity index (χ2v) is 6.17. The van der Waals surface area contributed by atoms with E-state index in [1.807, 2.05) is 0 Å². The van der Waals surface area contributed by atoms with Gasteiger partial charge in [-0.3, -0.25) is 4.79 Å². The van der Waals surface area contributed by atoms with Crippen molar-refractivity contribution < 1.29 is 4.79 Å². The molecule has 0 saturated heterocycles. The minimum atomic E-state index is -0.760. The zero-order valence-electron chi connectivity index (χ0n) is 11.3. The molecule has 0 aliphatic heterocycles. The first kappa shape index (κ1) is 16.3. The van der Waals surface area contributed by atoms with Crippen LogP contribution in [-0.4, -0.2) is 20.0 Å². The van der Waals surface area contributed by atoms with Crippen molar-refractivity contribution in [2.24, 2.45) is 0 Å². The largest absolute Gasteiger partial charge is 0.291 e. The van der Waals surface area contributed by atoms with Crippen LogP contribution in [0, 0.1) is 0 Å². The van der Waals surface area contributed by atoms with Crippen molar-refractivity contribution in [3.05, 3.63) is 63.4 Å². The van der Waals surface area contributed by atoms with Crippen LogP contribution in [0.5, 0.6) is 0 Å². The fraction of sp³-hybridized carbons (Fsp3) is 0. The van der Waals surface area contributed by atoms with Crippen LogP contribution in [0.2, 0.25) is 15.1 Å². The summed E-state index contributed by atoms with van der Waals surface area (Å²) in [6, 6.07) is 11.8. The van der Waals surface area contributed by atoms with E-state index in [4.69, 9.17) is 46.4 Å². The maximum absolute atomic E-state index is 11.4. The molecule has 116 valence electrons. The van der Waals surface area contributed by atoms with Gasteiger partial charge in [0.15, 0.2) is 5.82 Å². The molecule has 8 heteroatoms. The minimum Gasteiger partial charge on any atom is -0.272 e. The molecule has 0 spiro atoms. The highest BCUT2D eigenvalue weighted by molar-refractivity contribution is 6.67.